The zero-order valence-corrected chi connectivity index (χ0v) is 31.9. The number of nitrogens with zero attached hydrogens (tertiary/aromatic N) is 4. The number of hydrogen-bond acceptors (Lipinski definition) is 7. The van der Waals surface area contributed by atoms with Crippen molar-refractivity contribution in [1.29, 1.82) is 0 Å². The molecular formula is C43H55N7O2. The number of nitrogen functional groups attached to an aromatic ring is 2. The van der Waals surface area contributed by atoms with Gasteiger partial charge in [0.2, 0.25) is 0 Å². The molecule has 9 nitrogen and oxygen atoms in total. The number of nitrogens with one attached hydrogen (secondary N) is 1. The number of benzene rings is 2. The van der Waals surface area contributed by atoms with E-state index in [2.05, 4.69) is 65.6 Å². The van der Waals surface area contributed by atoms with Gasteiger partial charge in [-0.05, 0) is 131 Å². The van der Waals surface area contributed by atoms with Crippen LogP contribution in [-0.4, -0.2) is 46.9 Å². The van der Waals surface area contributed by atoms with E-state index in [0.29, 0.717) is 0 Å². The van der Waals surface area contributed by atoms with Gasteiger partial charge in [0.25, 0.3) is 0 Å². The summed E-state index contributed by atoms with van der Waals surface area (Å²) in [5.41, 5.74) is 25.3. The fourth-order valence-corrected chi connectivity index (χ4v) is 9.99. The number of anilines is 2. The molecule has 2 aliphatic rings. The van der Waals surface area contributed by atoms with Crippen LogP contribution in [0.15, 0.2) is 36.4 Å². The molecule has 0 saturated carbocycles. The van der Waals surface area contributed by atoms with E-state index in [-0.39, 0.29) is 17.4 Å². The quantitative estimate of drug-likeness (QED) is 0.116. The molecule has 2 atom stereocenters. The Morgan fingerprint density at radius 2 is 1.52 bits per heavy atom. The summed E-state index contributed by atoms with van der Waals surface area (Å²) in [5.74, 6) is 1.96. The van der Waals surface area contributed by atoms with Crippen LogP contribution < -0.4 is 26.3 Å². The Bertz CT molecular complexity index is 2320. The summed E-state index contributed by atoms with van der Waals surface area (Å²) in [5, 5.41) is 7.69. The van der Waals surface area contributed by atoms with Crippen LogP contribution >= 0.6 is 0 Å². The van der Waals surface area contributed by atoms with Crippen LogP contribution in [0.4, 0.5) is 11.4 Å². The van der Waals surface area contributed by atoms with Gasteiger partial charge in [0.15, 0.2) is 0 Å². The van der Waals surface area contributed by atoms with E-state index in [1.165, 1.54) is 28.0 Å². The highest BCUT2D eigenvalue weighted by atomic mass is 16.5. The van der Waals surface area contributed by atoms with Gasteiger partial charge < -0.3 is 35.4 Å². The largest absolute Gasteiger partial charge is 0.497 e. The summed E-state index contributed by atoms with van der Waals surface area (Å²) in [7, 11) is 5.47. The van der Waals surface area contributed by atoms with Crippen LogP contribution in [0.2, 0.25) is 0 Å². The molecule has 4 heterocycles. The summed E-state index contributed by atoms with van der Waals surface area (Å²) in [6.45, 7) is 9.02. The fourth-order valence-electron chi connectivity index (χ4n) is 9.99. The van der Waals surface area contributed by atoms with Crippen molar-refractivity contribution in [2.45, 2.75) is 103 Å². The number of methoxy groups -OCH3 is 2. The van der Waals surface area contributed by atoms with Gasteiger partial charge in [0, 0.05) is 51.7 Å². The van der Waals surface area contributed by atoms with Crippen LogP contribution in [0.1, 0.15) is 100 Å². The smallest absolute Gasteiger partial charge is 0.143 e. The second-order valence-electron chi connectivity index (χ2n) is 15.9. The van der Waals surface area contributed by atoms with Gasteiger partial charge in [0.1, 0.15) is 22.8 Å². The Morgan fingerprint density at radius 3 is 2.23 bits per heavy atom. The molecule has 4 aromatic heterocycles. The molecular weight excluding hydrogens is 647 g/mol. The van der Waals surface area contributed by atoms with Crippen molar-refractivity contribution in [2.24, 2.45) is 5.41 Å². The Labute approximate surface area is 307 Å². The molecule has 0 fully saturated rings. The Hall–Kier alpha value is -4.50. The van der Waals surface area contributed by atoms with E-state index in [9.17, 15) is 0 Å². The topological polar surface area (TPSA) is 118 Å². The number of nitrogens with two attached hydrogens (primary N) is 2. The molecule has 52 heavy (non-hydrogen) atoms. The zero-order valence-electron chi connectivity index (χ0n) is 31.9. The predicted octanol–water partition coefficient (Wildman–Crippen LogP) is 8.85. The van der Waals surface area contributed by atoms with Gasteiger partial charge in [0.05, 0.1) is 36.0 Å². The first-order chi connectivity index (χ1) is 25.2. The summed E-state index contributed by atoms with van der Waals surface area (Å²) in [6, 6.07) is 13.0. The third-order valence-electron chi connectivity index (χ3n) is 12.4. The lowest BCUT2D eigenvalue weighted by Crippen LogP contribution is -2.30. The minimum atomic E-state index is -0.106. The standard InChI is InChI=1S/C43H55N7O2/c1-7-35(50-34-19-17-27(52-6)23-30(34)37-39(44)28-13-8-9-14-31(28)47-42(37)50)43(2,3)24-25-12-10-15-32-36(25)40(45)38-29-22-26(51-5)16-18-33(29)49(41(38)48-32)21-11-20-46-4/h16-19,22-23,25,35,46H,7-15,20-21,24H2,1-6H3,(H2,44,47)(H2,45,48). The Kier molecular flexibility index (Phi) is 8.97. The second kappa shape index (κ2) is 13.5. The maximum atomic E-state index is 7.39. The van der Waals surface area contributed by atoms with Gasteiger partial charge >= 0.3 is 0 Å². The van der Waals surface area contributed by atoms with Crippen molar-refractivity contribution in [3.63, 3.8) is 0 Å². The molecule has 0 saturated heterocycles. The fraction of sp³-hybridized carbons (Fsp3) is 0.488. The lowest BCUT2D eigenvalue weighted by molar-refractivity contribution is 0.180. The minimum absolute atomic E-state index is 0.106. The molecule has 2 aromatic carbocycles. The molecule has 2 aliphatic carbocycles. The van der Waals surface area contributed by atoms with Gasteiger partial charge in [-0.2, -0.15) is 0 Å². The number of pyridine rings is 2. The van der Waals surface area contributed by atoms with Crippen molar-refractivity contribution in [3.05, 3.63) is 58.9 Å². The van der Waals surface area contributed by atoms with Crippen LogP contribution in [-0.2, 0) is 25.8 Å². The highest BCUT2D eigenvalue weighted by Crippen LogP contribution is 2.51. The monoisotopic (exact) mass is 701 g/mol. The summed E-state index contributed by atoms with van der Waals surface area (Å²) < 4.78 is 16.3. The Morgan fingerprint density at radius 1 is 0.865 bits per heavy atom. The average molecular weight is 702 g/mol. The highest BCUT2D eigenvalue weighted by molar-refractivity contribution is 6.14. The molecule has 0 amide bonds. The van der Waals surface area contributed by atoms with Crippen LogP contribution in [0, 0.1) is 5.41 Å². The van der Waals surface area contributed by atoms with Gasteiger partial charge in [-0.25, -0.2) is 9.97 Å². The van der Waals surface area contributed by atoms with E-state index >= 15 is 0 Å². The van der Waals surface area contributed by atoms with Crippen molar-refractivity contribution < 1.29 is 9.47 Å². The van der Waals surface area contributed by atoms with Crippen LogP contribution in [0.5, 0.6) is 11.5 Å². The first-order valence-corrected chi connectivity index (χ1v) is 19.4. The lowest BCUT2D eigenvalue weighted by Gasteiger charge is -2.40. The molecule has 9 heteroatoms. The molecule has 0 bridgehead atoms. The molecule has 6 aromatic rings. The average Bonchev–Trinajstić information content (AvgIpc) is 3.63. The lowest BCUT2D eigenvalue weighted by atomic mass is 9.70. The van der Waals surface area contributed by atoms with Crippen molar-refractivity contribution in [3.8, 4) is 11.5 Å². The molecule has 0 spiro atoms. The summed E-state index contributed by atoms with van der Waals surface area (Å²) >= 11 is 0. The van der Waals surface area contributed by atoms with Crippen molar-refractivity contribution in [1.82, 2.24) is 24.4 Å². The number of aromatic nitrogens is 4. The van der Waals surface area contributed by atoms with Crippen molar-refractivity contribution >= 4 is 55.2 Å². The van der Waals surface area contributed by atoms with Gasteiger partial charge in [-0.3, -0.25) is 0 Å². The number of hydrogen-bond donors (Lipinski definition) is 3. The van der Waals surface area contributed by atoms with E-state index in [1.54, 1.807) is 14.2 Å². The molecule has 0 radical (unpaired) electrons. The third-order valence-corrected chi connectivity index (χ3v) is 12.4. The van der Waals surface area contributed by atoms with E-state index in [0.717, 1.165) is 139 Å². The number of fused-ring (bicyclic) bond motifs is 8. The predicted molar refractivity (Wildman–Crippen MR) is 215 cm³/mol. The van der Waals surface area contributed by atoms with E-state index < -0.39 is 0 Å². The van der Waals surface area contributed by atoms with E-state index in [4.69, 9.17) is 30.9 Å². The first-order valence-electron chi connectivity index (χ1n) is 19.4. The second-order valence-corrected chi connectivity index (χ2v) is 15.9. The maximum Gasteiger partial charge on any atom is 0.143 e. The van der Waals surface area contributed by atoms with E-state index in [1.807, 2.05) is 13.1 Å². The highest BCUT2D eigenvalue weighted by Gasteiger charge is 2.38. The number of aryl methyl sites for hydroxylation is 3. The number of ether oxygens (including phenoxy) is 2. The first kappa shape index (κ1) is 34.6. The third kappa shape index (κ3) is 5.46. The molecule has 274 valence electrons. The van der Waals surface area contributed by atoms with Gasteiger partial charge in [-0.1, -0.05) is 20.8 Å². The molecule has 8 rings (SSSR count). The maximum absolute atomic E-state index is 7.39. The zero-order chi connectivity index (χ0) is 36.3. The number of rotatable bonds is 11. The van der Waals surface area contributed by atoms with Gasteiger partial charge in [-0.15, -0.1) is 0 Å². The SMILES string of the molecule is CCC(n1c2ccc(OC)cc2c2c(N)c3c(nc21)CCCC3)C(C)(C)CC1CCCc2nc3c(c(N)c21)c1cc(OC)ccc1n3CCCNC. The van der Waals surface area contributed by atoms with Crippen LogP contribution in [0.25, 0.3) is 43.9 Å². The minimum Gasteiger partial charge on any atom is -0.497 e. The molecule has 2 unspecified atom stereocenters. The Balaban J connectivity index is 1.26. The normalized spacial score (nSPS) is 16.8. The molecule has 0 aliphatic heterocycles. The summed E-state index contributed by atoms with van der Waals surface area (Å²) in [4.78, 5) is 10.9. The summed E-state index contributed by atoms with van der Waals surface area (Å²) in [6.07, 6.45) is 10.4. The van der Waals surface area contributed by atoms with Crippen molar-refractivity contribution in [2.75, 3.05) is 39.3 Å². The molecule has 5 N–H and O–H groups in total. The van der Waals surface area contributed by atoms with Crippen LogP contribution in [0.3, 0.4) is 0 Å².